The highest BCUT2D eigenvalue weighted by Crippen LogP contribution is 2.18. The Labute approximate surface area is 201 Å². The van der Waals surface area contributed by atoms with Crippen molar-refractivity contribution in [2.45, 2.75) is 19.5 Å². The van der Waals surface area contributed by atoms with E-state index in [-0.39, 0.29) is 24.0 Å². The molecule has 0 saturated carbocycles. The second-order valence-corrected chi connectivity index (χ2v) is 7.73. The van der Waals surface area contributed by atoms with E-state index in [0.29, 0.717) is 6.54 Å². The summed E-state index contributed by atoms with van der Waals surface area (Å²) in [5, 5.41) is 3.49. The number of H-pyrrole nitrogens is 1. The van der Waals surface area contributed by atoms with E-state index in [1.165, 1.54) is 11.1 Å². The van der Waals surface area contributed by atoms with E-state index in [1.807, 2.05) is 38.5 Å². The molecule has 31 heavy (non-hydrogen) atoms. The molecule has 1 aliphatic heterocycles. The minimum atomic E-state index is 0. The van der Waals surface area contributed by atoms with Crippen LogP contribution in [0.15, 0.2) is 65.8 Å². The molecule has 0 fully saturated rings. The van der Waals surface area contributed by atoms with E-state index in [1.54, 1.807) is 0 Å². The zero-order chi connectivity index (χ0) is 20.8. The van der Waals surface area contributed by atoms with Crippen molar-refractivity contribution in [1.82, 2.24) is 25.1 Å². The van der Waals surface area contributed by atoms with E-state index in [0.717, 1.165) is 55.6 Å². The minimum absolute atomic E-state index is 0. The van der Waals surface area contributed by atoms with Crippen LogP contribution in [0.3, 0.4) is 0 Å². The Balaban J connectivity index is 0.00000272. The molecule has 1 aromatic heterocycles. The van der Waals surface area contributed by atoms with Gasteiger partial charge in [0.2, 0.25) is 0 Å². The standard InChI is InChI=1S/C24H30N6.HI/c1-25-24(26-13-15-30-14-12-19-8-6-7-11-21(19)17-30)29(2)18-23-27-16-22(28-23)20-9-4-3-5-10-20;/h3-11,16H,12-15,17-18H2,1-2H3,(H,25,26)(H,27,28);1H. The van der Waals surface area contributed by atoms with Crippen LogP contribution in [0.2, 0.25) is 0 Å². The van der Waals surface area contributed by atoms with Crippen molar-refractivity contribution in [3.05, 3.63) is 77.7 Å². The molecule has 0 spiro atoms. The first-order valence-corrected chi connectivity index (χ1v) is 10.5. The lowest BCUT2D eigenvalue weighted by Crippen LogP contribution is -2.43. The summed E-state index contributed by atoms with van der Waals surface area (Å²) in [5.74, 6) is 1.80. The summed E-state index contributed by atoms with van der Waals surface area (Å²) in [4.78, 5) is 17.0. The van der Waals surface area contributed by atoms with Crippen molar-refractivity contribution in [3.8, 4) is 11.3 Å². The predicted octanol–water partition coefficient (Wildman–Crippen LogP) is 3.76. The van der Waals surface area contributed by atoms with Crippen molar-refractivity contribution < 1.29 is 0 Å². The average molecular weight is 530 g/mol. The molecule has 0 atom stereocenters. The number of aromatic amines is 1. The summed E-state index contributed by atoms with van der Waals surface area (Å²) < 4.78 is 0. The van der Waals surface area contributed by atoms with Gasteiger partial charge < -0.3 is 15.2 Å². The Kier molecular flexibility index (Phi) is 8.48. The number of nitrogens with one attached hydrogen (secondary N) is 2. The highest BCUT2D eigenvalue weighted by molar-refractivity contribution is 14.0. The maximum absolute atomic E-state index is 4.54. The molecule has 2 heterocycles. The highest BCUT2D eigenvalue weighted by Gasteiger charge is 2.16. The molecule has 1 aliphatic rings. The first kappa shape index (κ1) is 23.3. The zero-order valence-electron chi connectivity index (χ0n) is 18.2. The lowest BCUT2D eigenvalue weighted by molar-refractivity contribution is 0.257. The number of rotatable bonds is 6. The fourth-order valence-electron chi connectivity index (χ4n) is 3.96. The van der Waals surface area contributed by atoms with Crippen molar-refractivity contribution in [2.24, 2.45) is 4.99 Å². The summed E-state index contributed by atoms with van der Waals surface area (Å²) in [6.45, 7) is 4.68. The van der Waals surface area contributed by atoms with Gasteiger partial charge in [-0.05, 0) is 23.1 Å². The Bertz CT molecular complexity index is 984. The van der Waals surface area contributed by atoms with Gasteiger partial charge in [-0.2, -0.15) is 0 Å². The number of hydrogen-bond acceptors (Lipinski definition) is 3. The van der Waals surface area contributed by atoms with Crippen molar-refractivity contribution in [3.63, 3.8) is 0 Å². The summed E-state index contributed by atoms with van der Waals surface area (Å²) >= 11 is 0. The third-order valence-corrected chi connectivity index (χ3v) is 5.59. The highest BCUT2D eigenvalue weighted by atomic mass is 127. The molecule has 2 aromatic carbocycles. The maximum atomic E-state index is 4.54. The van der Waals surface area contributed by atoms with Gasteiger partial charge in [-0.25, -0.2) is 4.98 Å². The average Bonchev–Trinajstić information content (AvgIpc) is 3.25. The number of fused-ring (bicyclic) bond motifs is 1. The number of benzene rings is 2. The Morgan fingerprint density at radius 3 is 2.65 bits per heavy atom. The van der Waals surface area contributed by atoms with Crippen LogP contribution in [0.25, 0.3) is 11.3 Å². The zero-order valence-corrected chi connectivity index (χ0v) is 20.5. The number of guanidine groups is 1. The Morgan fingerprint density at radius 2 is 1.87 bits per heavy atom. The fourth-order valence-corrected chi connectivity index (χ4v) is 3.96. The molecule has 0 unspecified atom stereocenters. The summed E-state index contributed by atoms with van der Waals surface area (Å²) in [6.07, 6.45) is 3.02. The predicted molar refractivity (Wildman–Crippen MR) is 138 cm³/mol. The summed E-state index contributed by atoms with van der Waals surface area (Å²) in [6, 6.07) is 19.0. The van der Waals surface area contributed by atoms with Crippen LogP contribution in [-0.4, -0.2) is 59.5 Å². The van der Waals surface area contributed by atoms with Gasteiger partial charge in [0.05, 0.1) is 18.4 Å². The third-order valence-electron chi connectivity index (χ3n) is 5.59. The topological polar surface area (TPSA) is 59.6 Å². The molecular formula is C24H31IN6. The maximum Gasteiger partial charge on any atom is 0.193 e. The number of hydrogen-bond donors (Lipinski definition) is 2. The van der Waals surface area contributed by atoms with Gasteiger partial charge in [0, 0.05) is 40.3 Å². The second-order valence-electron chi connectivity index (χ2n) is 7.73. The molecule has 0 amide bonds. The number of aliphatic imine (C=N–C) groups is 1. The van der Waals surface area contributed by atoms with Gasteiger partial charge >= 0.3 is 0 Å². The van der Waals surface area contributed by atoms with E-state index < -0.39 is 0 Å². The molecule has 164 valence electrons. The van der Waals surface area contributed by atoms with Gasteiger partial charge in [0.15, 0.2) is 5.96 Å². The van der Waals surface area contributed by atoms with Gasteiger partial charge in [0.25, 0.3) is 0 Å². The molecule has 0 radical (unpaired) electrons. The molecule has 2 N–H and O–H groups in total. The first-order chi connectivity index (χ1) is 14.7. The van der Waals surface area contributed by atoms with Crippen molar-refractivity contribution >= 4 is 29.9 Å². The summed E-state index contributed by atoms with van der Waals surface area (Å²) in [7, 11) is 3.87. The van der Waals surface area contributed by atoms with Gasteiger partial charge in [-0.15, -0.1) is 24.0 Å². The van der Waals surface area contributed by atoms with E-state index in [4.69, 9.17) is 0 Å². The first-order valence-electron chi connectivity index (χ1n) is 10.5. The smallest absolute Gasteiger partial charge is 0.193 e. The van der Waals surface area contributed by atoms with Gasteiger partial charge in [0.1, 0.15) is 5.82 Å². The normalized spacial score (nSPS) is 13.9. The SMILES string of the molecule is CN=C(NCCN1CCc2ccccc2C1)N(C)Cc1ncc(-c2ccccc2)[nH]1.I. The molecule has 0 aliphatic carbocycles. The number of nitrogens with zero attached hydrogens (tertiary/aromatic N) is 4. The van der Waals surface area contributed by atoms with Crippen molar-refractivity contribution in [2.75, 3.05) is 33.7 Å². The lowest BCUT2D eigenvalue weighted by Gasteiger charge is -2.29. The third kappa shape index (κ3) is 6.07. The van der Waals surface area contributed by atoms with Crippen LogP contribution in [-0.2, 0) is 19.5 Å². The van der Waals surface area contributed by atoms with Crippen LogP contribution in [0.5, 0.6) is 0 Å². The van der Waals surface area contributed by atoms with Crippen LogP contribution in [0.1, 0.15) is 17.0 Å². The Morgan fingerprint density at radius 1 is 1.13 bits per heavy atom. The van der Waals surface area contributed by atoms with Crippen LogP contribution in [0.4, 0.5) is 0 Å². The van der Waals surface area contributed by atoms with Crippen LogP contribution < -0.4 is 5.32 Å². The lowest BCUT2D eigenvalue weighted by atomic mass is 10.00. The molecule has 0 bridgehead atoms. The van der Waals surface area contributed by atoms with Crippen LogP contribution in [0, 0.1) is 0 Å². The monoisotopic (exact) mass is 530 g/mol. The molecule has 4 rings (SSSR count). The molecule has 7 heteroatoms. The summed E-state index contributed by atoms with van der Waals surface area (Å²) in [5.41, 5.74) is 5.12. The Hall–Kier alpha value is -2.39. The number of aromatic nitrogens is 2. The van der Waals surface area contributed by atoms with Crippen molar-refractivity contribution in [1.29, 1.82) is 0 Å². The molecule has 6 nitrogen and oxygen atoms in total. The minimum Gasteiger partial charge on any atom is -0.355 e. The fraction of sp³-hybridized carbons (Fsp3) is 0.333. The molecular weight excluding hydrogens is 499 g/mol. The van der Waals surface area contributed by atoms with E-state index in [2.05, 4.69) is 66.5 Å². The largest absolute Gasteiger partial charge is 0.355 e. The van der Waals surface area contributed by atoms with Crippen LogP contribution >= 0.6 is 24.0 Å². The molecule has 3 aromatic rings. The van der Waals surface area contributed by atoms with Gasteiger partial charge in [-0.1, -0.05) is 54.6 Å². The number of imidazole rings is 1. The molecule has 0 saturated heterocycles. The number of halogens is 1. The second kappa shape index (κ2) is 11.3. The quantitative estimate of drug-likeness (QED) is 0.290. The van der Waals surface area contributed by atoms with E-state index in [9.17, 15) is 0 Å². The van der Waals surface area contributed by atoms with E-state index >= 15 is 0 Å². The van der Waals surface area contributed by atoms with Gasteiger partial charge in [-0.3, -0.25) is 9.89 Å².